The van der Waals surface area contributed by atoms with E-state index in [1.807, 2.05) is 30.3 Å². The minimum Gasteiger partial charge on any atom is -0.481 e. The van der Waals surface area contributed by atoms with Crippen LogP contribution in [-0.4, -0.2) is 16.8 Å². The maximum Gasteiger partial charge on any atom is 0.314 e. The Hall–Kier alpha value is -1.90. The molecule has 0 radical (unpaired) electrons. The monoisotopic (exact) mass is 379 g/mol. The first-order chi connectivity index (χ1) is 12.9. The van der Waals surface area contributed by atoms with Crippen LogP contribution in [0.25, 0.3) is 0 Å². The van der Waals surface area contributed by atoms with Crippen molar-refractivity contribution in [1.29, 1.82) is 0 Å². The van der Waals surface area contributed by atoms with Gasteiger partial charge in [-0.05, 0) is 72.5 Å². The van der Waals surface area contributed by atoms with Gasteiger partial charge in [-0.3, -0.25) is 9.79 Å². The summed E-state index contributed by atoms with van der Waals surface area (Å²) in [6.07, 6.45) is 5.38. The Morgan fingerprint density at radius 2 is 1.57 bits per heavy atom. The Morgan fingerprint density at radius 3 is 2.21 bits per heavy atom. The Balaban J connectivity index is 1.95. The highest BCUT2D eigenvalue weighted by Gasteiger charge is 2.60. The number of hydrogen-bond donors (Lipinski definition) is 1. The number of allylic oxidation sites excluding steroid dienone is 1. The zero-order valence-corrected chi connectivity index (χ0v) is 17.9. The molecule has 150 valence electrons. The number of carboxylic acids is 1. The molecule has 3 aliphatic rings. The third-order valence-electron chi connectivity index (χ3n) is 6.94. The molecule has 3 aliphatic carbocycles. The van der Waals surface area contributed by atoms with Gasteiger partial charge in [0.2, 0.25) is 0 Å². The highest BCUT2D eigenvalue weighted by atomic mass is 16.4. The maximum absolute atomic E-state index is 12.8. The molecule has 3 nitrogen and oxygen atoms in total. The van der Waals surface area contributed by atoms with Crippen LogP contribution in [0, 0.1) is 21.7 Å². The van der Waals surface area contributed by atoms with Crippen LogP contribution in [0.3, 0.4) is 0 Å². The fraction of sp³-hybridized carbons (Fsp3) is 0.600. The van der Waals surface area contributed by atoms with E-state index in [1.165, 1.54) is 5.57 Å². The van der Waals surface area contributed by atoms with Gasteiger partial charge in [0.25, 0.3) is 0 Å². The lowest BCUT2D eigenvalue weighted by atomic mass is 9.45. The highest BCUT2D eigenvalue weighted by molar-refractivity contribution is 6.09. The van der Waals surface area contributed by atoms with E-state index >= 15 is 0 Å². The molecule has 0 spiro atoms. The first kappa shape index (κ1) is 19.4. The zero-order chi connectivity index (χ0) is 20.4. The van der Waals surface area contributed by atoms with Crippen LogP contribution in [0.4, 0.5) is 5.69 Å². The second-order valence-corrected chi connectivity index (χ2v) is 11.5. The molecule has 2 atom stereocenters. The Morgan fingerprint density at radius 1 is 0.893 bits per heavy atom. The van der Waals surface area contributed by atoms with E-state index in [2.05, 4.69) is 34.6 Å². The molecule has 2 bridgehead atoms. The van der Waals surface area contributed by atoms with Gasteiger partial charge < -0.3 is 5.11 Å². The molecule has 1 fully saturated rings. The number of fused-ring (bicyclic) bond motifs is 3. The Labute approximate surface area is 169 Å². The largest absolute Gasteiger partial charge is 0.481 e. The van der Waals surface area contributed by atoms with Crippen molar-refractivity contribution in [3.8, 4) is 0 Å². The van der Waals surface area contributed by atoms with Crippen LogP contribution in [0.1, 0.15) is 73.1 Å². The van der Waals surface area contributed by atoms with Gasteiger partial charge in [0, 0.05) is 5.71 Å². The van der Waals surface area contributed by atoms with E-state index in [1.54, 1.807) is 0 Å². The van der Waals surface area contributed by atoms with E-state index < -0.39 is 11.4 Å². The molecule has 0 aromatic heterocycles. The summed E-state index contributed by atoms with van der Waals surface area (Å²) in [5.41, 5.74) is 3.77. The van der Waals surface area contributed by atoms with Crippen molar-refractivity contribution in [2.75, 3.05) is 0 Å². The highest BCUT2D eigenvalue weighted by Crippen LogP contribution is 2.65. The van der Waals surface area contributed by atoms with Crippen molar-refractivity contribution < 1.29 is 9.90 Å². The molecule has 1 aromatic carbocycles. The molecule has 0 heterocycles. The summed E-state index contributed by atoms with van der Waals surface area (Å²) in [5, 5.41) is 10.6. The van der Waals surface area contributed by atoms with Crippen LogP contribution in [0.5, 0.6) is 0 Å². The van der Waals surface area contributed by atoms with Gasteiger partial charge in [-0.2, -0.15) is 0 Å². The van der Waals surface area contributed by atoms with Crippen LogP contribution in [0.15, 0.2) is 46.5 Å². The van der Waals surface area contributed by atoms with Gasteiger partial charge in [-0.1, -0.05) is 58.4 Å². The van der Waals surface area contributed by atoms with E-state index in [0.717, 1.165) is 49.1 Å². The first-order valence-electron chi connectivity index (χ1n) is 10.5. The number of hydrogen-bond acceptors (Lipinski definition) is 2. The topological polar surface area (TPSA) is 49.7 Å². The lowest BCUT2D eigenvalue weighted by Gasteiger charge is -2.58. The fourth-order valence-electron chi connectivity index (χ4n) is 6.96. The smallest absolute Gasteiger partial charge is 0.314 e. The van der Waals surface area contributed by atoms with Crippen molar-refractivity contribution in [3.63, 3.8) is 0 Å². The molecule has 3 heteroatoms. The number of benzene rings is 1. The van der Waals surface area contributed by atoms with E-state index in [0.29, 0.717) is 6.42 Å². The van der Waals surface area contributed by atoms with Gasteiger partial charge in [0.05, 0.1) is 11.1 Å². The van der Waals surface area contributed by atoms with Crippen molar-refractivity contribution in [2.45, 2.75) is 73.1 Å². The maximum atomic E-state index is 12.8. The second-order valence-electron chi connectivity index (χ2n) is 11.5. The Bertz CT molecular complexity index is 877. The summed E-state index contributed by atoms with van der Waals surface area (Å²) in [6.45, 7) is 11.4. The van der Waals surface area contributed by atoms with Crippen molar-refractivity contribution in [3.05, 3.63) is 41.5 Å². The average molecular weight is 380 g/mol. The summed E-state index contributed by atoms with van der Waals surface area (Å²) in [6, 6.07) is 10.0. The lowest BCUT2D eigenvalue weighted by molar-refractivity contribution is -0.155. The lowest BCUT2D eigenvalue weighted by Crippen LogP contribution is -2.54. The predicted octanol–water partition coefficient (Wildman–Crippen LogP) is 6.57. The SMILES string of the molecule is CC1(C)CC(=Nc2ccccc2)C2=C(C1)CC1(C)CC(C)(C)CC2(C(=O)O)C1. The quantitative estimate of drug-likeness (QED) is 0.632. The van der Waals surface area contributed by atoms with Crippen LogP contribution < -0.4 is 0 Å². The zero-order valence-electron chi connectivity index (χ0n) is 17.9. The molecule has 4 rings (SSSR count). The summed E-state index contributed by atoms with van der Waals surface area (Å²) in [4.78, 5) is 17.9. The van der Waals surface area contributed by atoms with Crippen LogP contribution >= 0.6 is 0 Å². The van der Waals surface area contributed by atoms with Gasteiger partial charge >= 0.3 is 5.97 Å². The molecule has 1 N–H and O–H groups in total. The van der Waals surface area contributed by atoms with Crippen molar-refractivity contribution in [2.24, 2.45) is 26.7 Å². The van der Waals surface area contributed by atoms with Crippen molar-refractivity contribution >= 4 is 17.4 Å². The Kier molecular flexibility index (Phi) is 4.19. The normalized spacial score (nSPS) is 34.8. The van der Waals surface area contributed by atoms with E-state index in [9.17, 15) is 9.90 Å². The fourth-order valence-corrected chi connectivity index (χ4v) is 6.96. The van der Waals surface area contributed by atoms with E-state index in [-0.39, 0.29) is 16.2 Å². The molecular formula is C25H33NO2. The molecule has 0 saturated heterocycles. The van der Waals surface area contributed by atoms with Gasteiger partial charge in [0.15, 0.2) is 0 Å². The third kappa shape index (κ3) is 3.23. The number of nitrogens with zero attached hydrogens (tertiary/aromatic N) is 1. The number of aliphatic imine (C=N–C) groups is 1. The molecule has 0 amide bonds. The molecule has 28 heavy (non-hydrogen) atoms. The minimum atomic E-state index is -0.797. The molecule has 2 unspecified atom stereocenters. The average Bonchev–Trinajstić information content (AvgIpc) is 2.51. The van der Waals surface area contributed by atoms with E-state index in [4.69, 9.17) is 4.99 Å². The standard InChI is InChI=1S/C25H33NO2/c1-22(2)11-17-12-24(5)14-23(3,4)15-25(16-24,21(27)28)20(17)19(13-22)26-18-9-7-6-8-10-18/h6-10H,11-16H2,1-5H3,(H,27,28). The third-order valence-corrected chi connectivity index (χ3v) is 6.94. The number of para-hydroxylation sites is 1. The van der Waals surface area contributed by atoms with Crippen LogP contribution in [0.2, 0.25) is 0 Å². The summed E-state index contributed by atoms with van der Waals surface area (Å²) < 4.78 is 0. The van der Waals surface area contributed by atoms with Crippen molar-refractivity contribution in [1.82, 2.24) is 0 Å². The number of rotatable bonds is 2. The van der Waals surface area contributed by atoms with Gasteiger partial charge in [0.1, 0.15) is 0 Å². The molecule has 0 aliphatic heterocycles. The number of aliphatic carboxylic acids is 1. The molecular weight excluding hydrogens is 346 g/mol. The summed E-state index contributed by atoms with van der Waals surface area (Å²) >= 11 is 0. The molecule has 1 aromatic rings. The predicted molar refractivity (Wildman–Crippen MR) is 114 cm³/mol. The summed E-state index contributed by atoms with van der Waals surface area (Å²) in [7, 11) is 0. The van der Waals surface area contributed by atoms with Gasteiger partial charge in [-0.25, -0.2) is 0 Å². The second kappa shape index (κ2) is 6.05. The first-order valence-corrected chi connectivity index (χ1v) is 10.5. The minimum absolute atomic E-state index is 0.0226. The number of carbonyl (C=O) groups is 1. The van der Waals surface area contributed by atoms with Crippen LogP contribution in [-0.2, 0) is 4.79 Å². The summed E-state index contributed by atoms with van der Waals surface area (Å²) in [5.74, 6) is -0.654. The van der Waals surface area contributed by atoms with Gasteiger partial charge in [-0.15, -0.1) is 0 Å². The molecule has 1 saturated carbocycles. The number of carboxylic acid groups (broad SMARTS) is 1.